The van der Waals surface area contributed by atoms with Gasteiger partial charge < -0.3 is 15.8 Å². The van der Waals surface area contributed by atoms with Crippen molar-refractivity contribution in [3.8, 4) is 5.75 Å². The number of aryl methyl sites for hydroxylation is 1. The van der Waals surface area contributed by atoms with Crippen LogP contribution in [0, 0.1) is 6.92 Å². The summed E-state index contributed by atoms with van der Waals surface area (Å²) in [6.07, 6.45) is 0.660. The SMILES string of the molecule is Cc1ccc(C(N)=O)c(OCC(=O)NC(Cc2ccccc2)c2ccccc2)c1. The molecule has 3 aromatic carbocycles. The van der Waals surface area contributed by atoms with Gasteiger partial charge in [-0.1, -0.05) is 66.7 Å². The van der Waals surface area contributed by atoms with E-state index in [2.05, 4.69) is 5.32 Å². The fourth-order valence-corrected chi connectivity index (χ4v) is 3.12. The summed E-state index contributed by atoms with van der Waals surface area (Å²) in [7, 11) is 0. The van der Waals surface area contributed by atoms with Crippen LogP contribution in [0.1, 0.15) is 33.1 Å². The monoisotopic (exact) mass is 388 g/mol. The maximum absolute atomic E-state index is 12.6. The summed E-state index contributed by atoms with van der Waals surface area (Å²) in [6, 6.07) is 24.7. The molecule has 0 bridgehead atoms. The van der Waals surface area contributed by atoms with Crippen LogP contribution in [0.3, 0.4) is 0 Å². The van der Waals surface area contributed by atoms with Crippen molar-refractivity contribution in [1.82, 2.24) is 5.32 Å². The largest absolute Gasteiger partial charge is 0.483 e. The summed E-state index contributed by atoms with van der Waals surface area (Å²) < 4.78 is 5.62. The van der Waals surface area contributed by atoms with E-state index in [-0.39, 0.29) is 24.1 Å². The van der Waals surface area contributed by atoms with Gasteiger partial charge in [0.2, 0.25) is 0 Å². The van der Waals surface area contributed by atoms with Gasteiger partial charge in [-0.15, -0.1) is 0 Å². The van der Waals surface area contributed by atoms with Crippen molar-refractivity contribution in [1.29, 1.82) is 0 Å². The normalized spacial score (nSPS) is 11.5. The van der Waals surface area contributed by atoms with Crippen molar-refractivity contribution in [2.45, 2.75) is 19.4 Å². The summed E-state index contributed by atoms with van der Waals surface area (Å²) in [5.41, 5.74) is 8.70. The van der Waals surface area contributed by atoms with Crippen LogP contribution in [0.2, 0.25) is 0 Å². The Balaban J connectivity index is 1.71. The number of hydrogen-bond acceptors (Lipinski definition) is 3. The lowest BCUT2D eigenvalue weighted by molar-refractivity contribution is -0.123. The van der Waals surface area contributed by atoms with Gasteiger partial charge in [-0.05, 0) is 42.2 Å². The Hall–Kier alpha value is -3.60. The third-order valence-corrected chi connectivity index (χ3v) is 4.58. The molecule has 0 heterocycles. The second kappa shape index (κ2) is 9.55. The molecule has 0 radical (unpaired) electrons. The highest BCUT2D eigenvalue weighted by Crippen LogP contribution is 2.21. The molecule has 1 atom stereocenters. The Kier molecular flexibility index (Phi) is 6.63. The van der Waals surface area contributed by atoms with Gasteiger partial charge in [0.25, 0.3) is 11.8 Å². The summed E-state index contributed by atoms with van der Waals surface area (Å²) in [5, 5.41) is 3.04. The van der Waals surface area contributed by atoms with Crippen LogP contribution in [0.4, 0.5) is 0 Å². The first kappa shape index (κ1) is 20.1. The van der Waals surface area contributed by atoms with Gasteiger partial charge >= 0.3 is 0 Å². The van der Waals surface area contributed by atoms with Gasteiger partial charge in [0, 0.05) is 0 Å². The molecule has 0 spiro atoms. The second-order valence-corrected chi connectivity index (χ2v) is 6.87. The molecule has 1 unspecified atom stereocenters. The van der Waals surface area contributed by atoms with Gasteiger partial charge in [-0.2, -0.15) is 0 Å². The maximum Gasteiger partial charge on any atom is 0.258 e. The van der Waals surface area contributed by atoms with Crippen molar-refractivity contribution in [2.75, 3.05) is 6.61 Å². The summed E-state index contributed by atoms with van der Waals surface area (Å²) in [6.45, 7) is 1.67. The number of hydrogen-bond donors (Lipinski definition) is 2. The van der Waals surface area contributed by atoms with Crippen LogP contribution < -0.4 is 15.8 Å². The van der Waals surface area contributed by atoms with Crippen molar-refractivity contribution in [3.05, 3.63) is 101 Å². The molecule has 5 heteroatoms. The quantitative estimate of drug-likeness (QED) is 0.619. The van der Waals surface area contributed by atoms with Crippen LogP contribution in [-0.4, -0.2) is 18.4 Å². The average Bonchev–Trinajstić information content (AvgIpc) is 2.73. The van der Waals surface area contributed by atoms with E-state index in [0.717, 1.165) is 16.7 Å². The van der Waals surface area contributed by atoms with E-state index in [0.29, 0.717) is 12.2 Å². The molecule has 0 aliphatic carbocycles. The minimum atomic E-state index is -0.591. The molecule has 3 rings (SSSR count). The highest BCUT2D eigenvalue weighted by Gasteiger charge is 2.17. The molecule has 5 nitrogen and oxygen atoms in total. The fraction of sp³-hybridized carbons (Fsp3) is 0.167. The Morgan fingerprint density at radius 2 is 1.62 bits per heavy atom. The molecule has 0 aromatic heterocycles. The number of nitrogens with two attached hydrogens (primary N) is 1. The lowest BCUT2D eigenvalue weighted by Crippen LogP contribution is -2.34. The van der Waals surface area contributed by atoms with E-state index in [1.54, 1.807) is 18.2 Å². The zero-order valence-corrected chi connectivity index (χ0v) is 16.3. The van der Waals surface area contributed by atoms with E-state index in [9.17, 15) is 9.59 Å². The van der Waals surface area contributed by atoms with Crippen molar-refractivity contribution in [3.63, 3.8) is 0 Å². The van der Waals surface area contributed by atoms with Crippen LogP contribution in [0.5, 0.6) is 5.75 Å². The Morgan fingerprint density at radius 3 is 2.28 bits per heavy atom. The molecule has 3 N–H and O–H groups in total. The molecule has 0 aliphatic rings. The first-order valence-corrected chi connectivity index (χ1v) is 9.44. The van der Waals surface area contributed by atoms with Gasteiger partial charge in [-0.3, -0.25) is 9.59 Å². The zero-order chi connectivity index (χ0) is 20.6. The smallest absolute Gasteiger partial charge is 0.258 e. The second-order valence-electron chi connectivity index (χ2n) is 6.87. The maximum atomic E-state index is 12.6. The van der Waals surface area contributed by atoms with Gasteiger partial charge in [0.05, 0.1) is 11.6 Å². The first-order valence-electron chi connectivity index (χ1n) is 9.44. The van der Waals surface area contributed by atoms with Crippen LogP contribution >= 0.6 is 0 Å². The van der Waals surface area contributed by atoms with Gasteiger partial charge in [0.15, 0.2) is 6.61 Å². The summed E-state index contributed by atoms with van der Waals surface area (Å²) in [5.74, 6) is -0.551. The molecule has 2 amide bonds. The number of carbonyl (C=O) groups excluding carboxylic acids is 2. The number of primary amides is 1. The molecule has 29 heavy (non-hydrogen) atoms. The van der Waals surface area contributed by atoms with E-state index < -0.39 is 5.91 Å². The molecule has 0 fully saturated rings. The molecule has 0 saturated heterocycles. The lowest BCUT2D eigenvalue weighted by Gasteiger charge is -2.20. The predicted molar refractivity (Wildman–Crippen MR) is 113 cm³/mol. The Bertz CT molecular complexity index is 972. The number of rotatable bonds is 8. The minimum Gasteiger partial charge on any atom is -0.483 e. The standard InChI is InChI=1S/C24H24N2O3/c1-17-12-13-20(24(25)28)22(14-17)29-16-23(27)26-21(19-10-6-3-7-11-19)15-18-8-4-2-5-9-18/h2-14,21H,15-16H2,1H3,(H2,25,28)(H,26,27). The molecule has 148 valence electrons. The number of carbonyl (C=O) groups is 2. The number of nitrogens with one attached hydrogen (secondary N) is 1. The molecule has 0 saturated carbocycles. The van der Waals surface area contributed by atoms with E-state index >= 15 is 0 Å². The third kappa shape index (κ3) is 5.69. The first-order chi connectivity index (χ1) is 14.0. The average molecular weight is 388 g/mol. The lowest BCUT2D eigenvalue weighted by atomic mass is 9.99. The topological polar surface area (TPSA) is 81.4 Å². The van der Waals surface area contributed by atoms with Crippen molar-refractivity contribution >= 4 is 11.8 Å². The number of benzene rings is 3. The molecule has 0 aliphatic heterocycles. The Morgan fingerprint density at radius 1 is 0.966 bits per heavy atom. The van der Waals surface area contributed by atoms with Crippen LogP contribution in [-0.2, 0) is 11.2 Å². The molecular weight excluding hydrogens is 364 g/mol. The van der Waals surface area contributed by atoms with E-state index in [1.165, 1.54) is 0 Å². The molecular formula is C24H24N2O3. The Labute approximate surface area is 170 Å². The summed E-state index contributed by atoms with van der Waals surface area (Å²) in [4.78, 5) is 24.2. The number of ether oxygens (including phenoxy) is 1. The zero-order valence-electron chi connectivity index (χ0n) is 16.3. The third-order valence-electron chi connectivity index (χ3n) is 4.58. The van der Waals surface area contributed by atoms with Crippen molar-refractivity contribution in [2.24, 2.45) is 5.73 Å². The van der Waals surface area contributed by atoms with Crippen molar-refractivity contribution < 1.29 is 14.3 Å². The van der Waals surface area contributed by atoms with Crippen LogP contribution in [0.25, 0.3) is 0 Å². The highest BCUT2D eigenvalue weighted by molar-refractivity contribution is 5.95. The van der Waals surface area contributed by atoms with E-state index in [4.69, 9.17) is 10.5 Å². The number of amides is 2. The fourth-order valence-electron chi connectivity index (χ4n) is 3.12. The van der Waals surface area contributed by atoms with Crippen LogP contribution in [0.15, 0.2) is 78.9 Å². The molecule has 3 aromatic rings. The minimum absolute atomic E-state index is 0.192. The van der Waals surface area contributed by atoms with Gasteiger partial charge in [0.1, 0.15) is 5.75 Å². The predicted octanol–water partition coefficient (Wildman–Crippen LogP) is 3.57. The highest BCUT2D eigenvalue weighted by atomic mass is 16.5. The summed E-state index contributed by atoms with van der Waals surface area (Å²) >= 11 is 0. The van der Waals surface area contributed by atoms with Gasteiger partial charge in [-0.25, -0.2) is 0 Å². The van der Waals surface area contributed by atoms with E-state index in [1.807, 2.05) is 67.6 Å².